The van der Waals surface area contributed by atoms with Crippen molar-refractivity contribution < 1.29 is 33.7 Å². The van der Waals surface area contributed by atoms with Gasteiger partial charge in [0.05, 0.1) is 5.60 Å². The van der Waals surface area contributed by atoms with E-state index in [1.54, 1.807) is 6.08 Å². The molecule has 4 saturated carbocycles. The highest BCUT2D eigenvalue weighted by Crippen LogP contribution is 2.70. The number of carbonyl (C=O) groups excluding carboxylic acids is 3. The Balaban J connectivity index is 1.50. The Morgan fingerprint density at radius 3 is 2.38 bits per heavy atom. The molecule has 5 aliphatic rings. The van der Waals surface area contributed by atoms with Crippen molar-refractivity contribution in [1.29, 1.82) is 0 Å². The van der Waals surface area contributed by atoms with Crippen LogP contribution < -0.4 is 0 Å². The number of hydrogen-bond acceptors (Lipinski definition) is 7. The van der Waals surface area contributed by atoms with Crippen LogP contribution in [0.1, 0.15) is 79.1 Å². The second kappa shape index (κ2) is 8.07. The standard InChI is InChI=1S/C27H38O7/c1-15(28)33-19-7-9-25(3)18(12-19)5-6-21-22(25)13-23(34-16(2)29)26(4)20(8-10-27(21,26)31)17-11-24(30)32-14-17/h11,18-23,31H,5-10,12-14H2,1-4H3/t18-,19-,20+,21+,22?,23+,25-,26-,27-/m0/s1. The Morgan fingerprint density at radius 2 is 1.74 bits per heavy atom. The van der Waals surface area contributed by atoms with E-state index in [-0.39, 0.29) is 53.8 Å². The maximum atomic E-state index is 12.5. The summed E-state index contributed by atoms with van der Waals surface area (Å²) in [4.78, 5) is 35.7. The van der Waals surface area contributed by atoms with Crippen molar-refractivity contribution in [3.63, 3.8) is 0 Å². The fraction of sp³-hybridized carbons (Fsp3) is 0.815. The third-order valence-corrected chi connectivity index (χ3v) is 10.6. The van der Waals surface area contributed by atoms with Gasteiger partial charge in [0.25, 0.3) is 0 Å². The van der Waals surface area contributed by atoms with Crippen molar-refractivity contribution in [1.82, 2.24) is 0 Å². The van der Waals surface area contributed by atoms with Crippen LogP contribution in [0.15, 0.2) is 11.6 Å². The van der Waals surface area contributed by atoms with Crippen molar-refractivity contribution in [3.05, 3.63) is 11.6 Å². The summed E-state index contributed by atoms with van der Waals surface area (Å²) in [5.41, 5.74) is -0.731. The number of cyclic esters (lactones) is 1. The topological polar surface area (TPSA) is 99.1 Å². The Morgan fingerprint density at radius 1 is 1.00 bits per heavy atom. The average Bonchev–Trinajstić information content (AvgIpc) is 3.29. The first kappa shape index (κ1) is 23.8. The van der Waals surface area contributed by atoms with Gasteiger partial charge in [-0.3, -0.25) is 9.59 Å². The third-order valence-electron chi connectivity index (χ3n) is 10.6. The zero-order valence-electron chi connectivity index (χ0n) is 20.8. The number of ether oxygens (including phenoxy) is 3. The van der Waals surface area contributed by atoms with Crippen molar-refractivity contribution in [3.8, 4) is 0 Å². The van der Waals surface area contributed by atoms with Crippen molar-refractivity contribution in [2.75, 3.05) is 6.61 Å². The fourth-order valence-corrected chi connectivity index (χ4v) is 9.04. The molecule has 188 valence electrons. The first-order chi connectivity index (χ1) is 16.0. The molecule has 0 amide bonds. The molecule has 0 bridgehead atoms. The number of esters is 3. The summed E-state index contributed by atoms with van der Waals surface area (Å²) in [7, 11) is 0. The summed E-state index contributed by atoms with van der Waals surface area (Å²) in [5, 5.41) is 12.5. The lowest BCUT2D eigenvalue weighted by atomic mass is 9.42. The van der Waals surface area contributed by atoms with Crippen molar-refractivity contribution in [2.24, 2.45) is 34.5 Å². The van der Waals surface area contributed by atoms with E-state index in [0.717, 1.165) is 44.1 Å². The fourth-order valence-electron chi connectivity index (χ4n) is 9.04. The van der Waals surface area contributed by atoms with E-state index in [1.807, 2.05) is 0 Å². The van der Waals surface area contributed by atoms with Crippen LogP contribution in [0.2, 0.25) is 0 Å². The van der Waals surface area contributed by atoms with Crippen LogP contribution in [0.4, 0.5) is 0 Å². The van der Waals surface area contributed by atoms with Crippen LogP contribution >= 0.6 is 0 Å². The van der Waals surface area contributed by atoms with Crippen LogP contribution in [0.5, 0.6) is 0 Å². The van der Waals surface area contributed by atoms with Crippen molar-refractivity contribution >= 4 is 17.9 Å². The summed E-state index contributed by atoms with van der Waals surface area (Å²) >= 11 is 0. The van der Waals surface area contributed by atoms with Gasteiger partial charge >= 0.3 is 17.9 Å². The van der Waals surface area contributed by atoms with E-state index < -0.39 is 17.1 Å². The van der Waals surface area contributed by atoms with Crippen molar-refractivity contribution in [2.45, 2.75) is 96.9 Å². The van der Waals surface area contributed by atoms with Gasteiger partial charge in [0.2, 0.25) is 0 Å². The van der Waals surface area contributed by atoms with Crippen LogP contribution in [-0.4, -0.2) is 47.4 Å². The second-order valence-corrected chi connectivity index (χ2v) is 12.0. The Hall–Kier alpha value is -1.89. The predicted molar refractivity (Wildman–Crippen MR) is 122 cm³/mol. The molecule has 4 fully saturated rings. The lowest BCUT2D eigenvalue weighted by molar-refractivity contribution is -0.251. The van der Waals surface area contributed by atoms with Crippen LogP contribution in [0.3, 0.4) is 0 Å². The molecule has 0 aromatic rings. The molecule has 34 heavy (non-hydrogen) atoms. The number of carbonyl (C=O) groups is 3. The molecule has 1 heterocycles. The minimum Gasteiger partial charge on any atom is -0.463 e. The molecular formula is C27H38O7. The summed E-state index contributed by atoms with van der Waals surface area (Å²) in [6.07, 6.45) is 7.77. The SMILES string of the molecule is CC(=O)O[C@H]1CC[C@]2(C)C3C[C@@H](OC(C)=O)[C@]4(C)[C@@H](C5=CC(=O)OC5)CC[C@]4(O)[C@@H]3CC[C@H]2C1. The van der Waals surface area contributed by atoms with E-state index in [0.29, 0.717) is 18.8 Å². The smallest absolute Gasteiger partial charge is 0.331 e. The molecular weight excluding hydrogens is 436 g/mol. The molecule has 1 unspecified atom stereocenters. The van der Waals surface area contributed by atoms with Gasteiger partial charge in [-0.2, -0.15) is 0 Å². The van der Waals surface area contributed by atoms with Crippen LogP contribution in [-0.2, 0) is 28.6 Å². The summed E-state index contributed by atoms with van der Waals surface area (Å²) in [6, 6.07) is 0. The molecule has 9 atom stereocenters. The molecule has 1 aliphatic heterocycles. The molecule has 0 spiro atoms. The Kier molecular flexibility index (Phi) is 5.66. The number of fused-ring (bicyclic) bond motifs is 5. The molecule has 0 saturated heterocycles. The average molecular weight is 475 g/mol. The zero-order chi connectivity index (χ0) is 24.5. The van der Waals surface area contributed by atoms with Gasteiger partial charge < -0.3 is 19.3 Å². The van der Waals surface area contributed by atoms with Gasteiger partial charge in [0.15, 0.2) is 0 Å². The van der Waals surface area contributed by atoms with Gasteiger partial charge in [0, 0.05) is 25.3 Å². The van der Waals surface area contributed by atoms with E-state index in [4.69, 9.17) is 14.2 Å². The highest BCUT2D eigenvalue weighted by Gasteiger charge is 2.72. The molecule has 0 aromatic heterocycles. The van der Waals surface area contributed by atoms with Gasteiger partial charge in [-0.1, -0.05) is 13.8 Å². The van der Waals surface area contributed by atoms with E-state index >= 15 is 0 Å². The van der Waals surface area contributed by atoms with Gasteiger partial charge in [-0.25, -0.2) is 4.79 Å². The summed E-state index contributed by atoms with van der Waals surface area (Å²) in [6.45, 7) is 7.59. The maximum absolute atomic E-state index is 12.5. The van der Waals surface area contributed by atoms with E-state index in [2.05, 4.69) is 13.8 Å². The Labute approximate surface area is 201 Å². The first-order valence-electron chi connectivity index (χ1n) is 12.9. The molecule has 0 aromatic carbocycles. The predicted octanol–water partition coefficient (Wildman–Crippen LogP) is 3.72. The number of rotatable bonds is 3. The first-order valence-corrected chi connectivity index (χ1v) is 12.9. The number of hydrogen-bond donors (Lipinski definition) is 1. The highest BCUT2D eigenvalue weighted by atomic mass is 16.6. The monoisotopic (exact) mass is 474 g/mol. The highest BCUT2D eigenvalue weighted by molar-refractivity contribution is 5.85. The van der Waals surface area contributed by atoms with Gasteiger partial charge in [-0.15, -0.1) is 0 Å². The summed E-state index contributed by atoms with van der Waals surface area (Å²) in [5.74, 6) is -0.190. The molecule has 5 rings (SSSR count). The lowest BCUT2D eigenvalue weighted by Gasteiger charge is -2.65. The minimum absolute atomic E-state index is 0.00118. The van der Waals surface area contributed by atoms with E-state index in [1.165, 1.54) is 13.8 Å². The Bertz CT molecular complexity index is 926. The molecule has 1 N–H and O–H groups in total. The van der Waals surface area contributed by atoms with Crippen LogP contribution in [0.25, 0.3) is 0 Å². The number of aliphatic hydroxyl groups is 1. The molecule has 4 aliphatic carbocycles. The largest absolute Gasteiger partial charge is 0.463 e. The van der Waals surface area contributed by atoms with Gasteiger partial charge in [-0.05, 0) is 86.0 Å². The minimum atomic E-state index is -0.978. The molecule has 0 radical (unpaired) electrons. The lowest BCUT2D eigenvalue weighted by Crippen LogP contribution is -2.67. The third kappa shape index (κ3) is 3.36. The molecule has 7 heteroatoms. The van der Waals surface area contributed by atoms with E-state index in [9.17, 15) is 19.5 Å². The summed E-state index contributed by atoms with van der Waals surface area (Å²) < 4.78 is 16.8. The normalized spacial score (nSPS) is 47.6. The van der Waals surface area contributed by atoms with Gasteiger partial charge in [0.1, 0.15) is 18.8 Å². The van der Waals surface area contributed by atoms with Crippen LogP contribution in [0, 0.1) is 34.5 Å². The second-order valence-electron chi connectivity index (χ2n) is 12.0. The quantitative estimate of drug-likeness (QED) is 0.492. The zero-order valence-corrected chi connectivity index (χ0v) is 20.8. The maximum Gasteiger partial charge on any atom is 0.331 e. The molecule has 7 nitrogen and oxygen atoms in total.